The van der Waals surface area contributed by atoms with Crippen LogP contribution in [0, 0.1) is 29.8 Å². The summed E-state index contributed by atoms with van der Waals surface area (Å²) in [7, 11) is 0. The minimum atomic E-state index is -0.872. The molecule has 0 aliphatic rings. The van der Waals surface area contributed by atoms with E-state index < -0.39 is 16.4 Å². The minimum absolute atomic E-state index is 0.264. The first kappa shape index (κ1) is 14.8. The molecule has 0 amide bonds. The fraction of sp³-hybridized carbons (Fsp3) is 0.200. The Morgan fingerprint density at radius 3 is 2.38 bits per heavy atom. The predicted octanol–water partition coefficient (Wildman–Crippen LogP) is 3.67. The molecule has 0 spiro atoms. The van der Waals surface area contributed by atoms with Crippen molar-refractivity contribution in [2.75, 3.05) is 5.32 Å². The number of nitrogens with one attached hydrogen (secondary N) is 1. The number of nitro groups is 1. The third kappa shape index (κ3) is 3.28. The summed E-state index contributed by atoms with van der Waals surface area (Å²) in [5.41, 5.74) is 2.38. The van der Waals surface area contributed by atoms with Gasteiger partial charge in [-0.05, 0) is 36.6 Å². The van der Waals surface area contributed by atoms with E-state index >= 15 is 0 Å². The number of hydrogen-bond donors (Lipinski definition) is 2. The lowest BCUT2D eigenvalue weighted by Gasteiger charge is -2.10. The zero-order chi connectivity index (χ0) is 15.6. The average Bonchev–Trinajstić information content (AvgIpc) is 2.42. The van der Waals surface area contributed by atoms with Crippen LogP contribution in [0.1, 0.15) is 16.7 Å². The second-order valence-corrected chi connectivity index (χ2v) is 4.86. The van der Waals surface area contributed by atoms with E-state index in [9.17, 15) is 19.6 Å². The quantitative estimate of drug-likeness (QED) is 0.665. The number of nitro benzene ring substituents is 1. The number of aromatic hydroxyl groups is 1. The maximum absolute atomic E-state index is 13.5. The fourth-order valence-corrected chi connectivity index (χ4v) is 2.12. The lowest BCUT2D eigenvalue weighted by molar-refractivity contribution is -0.387. The molecule has 0 aliphatic carbocycles. The van der Waals surface area contributed by atoms with Crippen molar-refractivity contribution in [1.29, 1.82) is 0 Å². The summed E-state index contributed by atoms with van der Waals surface area (Å²) in [6, 6.07) is 7.35. The van der Waals surface area contributed by atoms with Crippen LogP contribution in [0.4, 0.5) is 15.8 Å². The highest BCUT2D eigenvalue weighted by molar-refractivity contribution is 5.50. The minimum Gasteiger partial charge on any atom is -0.507 e. The Labute approximate surface area is 121 Å². The molecular weight excluding hydrogens is 275 g/mol. The molecule has 0 atom stereocenters. The largest absolute Gasteiger partial charge is 0.507 e. The third-order valence-corrected chi connectivity index (χ3v) is 3.19. The number of nitrogens with zero attached hydrogens (tertiary/aromatic N) is 1. The van der Waals surface area contributed by atoms with Crippen LogP contribution in [0.15, 0.2) is 30.3 Å². The van der Waals surface area contributed by atoms with Crippen LogP contribution in [0.25, 0.3) is 0 Å². The first-order valence-electron chi connectivity index (χ1n) is 6.35. The molecule has 2 aromatic rings. The number of phenols is 1. The zero-order valence-corrected chi connectivity index (χ0v) is 11.7. The second-order valence-electron chi connectivity index (χ2n) is 4.86. The summed E-state index contributed by atoms with van der Waals surface area (Å²) < 4.78 is 13.5. The smallest absolute Gasteiger partial charge is 0.304 e. The van der Waals surface area contributed by atoms with Crippen molar-refractivity contribution in [3.63, 3.8) is 0 Å². The van der Waals surface area contributed by atoms with Gasteiger partial charge in [0.05, 0.1) is 4.92 Å². The van der Waals surface area contributed by atoms with Gasteiger partial charge in [0, 0.05) is 24.4 Å². The first-order chi connectivity index (χ1) is 9.88. The molecule has 2 rings (SSSR count). The molecule has 5 nitrogen and oxygen atoms in total. The summed E-state index contributed by atoms with van der Waals surface area (Å²) in [6.45, 7) is 4.04. The van der Waals surface area contributed by atoms with E-state index in [1.54, 1.807) is 13.8 Å². The summed E-state index contributed by atoms with van der Waals surface area (Å²) in [5.74, 6) is -0.608. The molecule has 0 bridgehead atoms. The maximum atomic E-state index is 13.5. The molecule has 0 saturated heterocycles. The van der Waals surface area contributed by atoms with Gasteiger partial charge in [0.2, 0.25) is 5.82 Å². The molecule has 21 heavy (non-hydrogen) atoms. The van der Waals surface area contributed by atoms with Crippen molar-refractivity contribution >= 4 is 11.4 Å². The van der Waals surface area contributed by atoms with Crippen molar-refractivity contribution in [3.8, 4) is 5.75 Å². The number of hydrogen-bond acceptors (Lipinski definition) is 4. The van der Waals surface area contributed by atoms with Gasteiger partial charge in [-0.3, -0.25) is 10.1 Å². The van der Waals surface area contributed by atoms with E-state index in [2.05, 4.69) is 5.32 Å². The van der Waals surface area contributed by atoms with E-state index in [1.165, 1.54) is 6.07 Å². The number of benzene rings is 2. The fourth-order valence-electron chi connectivity index (χ4n) is 2.12. The monoisotopic (exact) mass is 290 g/mol. The number of halogens is 1. The molecule has 0 aliphatic heterocycles. The van der Waals surface area contributed by atoms with Crippen LogP contribution in [-0.4, -0.2) is 10.0 Å². The molecular formula is C15H15FN2O3. The Hall–Kier alpha value is -2.63. The number of rotatable bonds is 4. The molecule has 6 heteroatoms. The molecule has 0 aromatic heterocycles. The second kappa shape index (κ2) is 5.78. The Kier molecular flexibility index (Phi) is 4.07. The van der Waals surface area contributed by atoms with Gasteiger partial charge in [-0.1, -0.05) is 12.1 Å². The van der Waals surface area contributed by atoms with Crippen LogP contribution >= 0.6 is 0 Å². The summed E-state index contributed by atoms with van der Waals surface area (Å²) in [4.78, 5) is 9.78. The lowest BCUT2D eigenvalue weighted by Crippen LogP contribution is -2.01. The molecule has 0 radical (unpaired) electrons. The van der Waals surface area contributed by atoms with Gasteiger partial charge in [0.15, 0.2) is 0 Å². The topological polar surface area (TPSA) is 75.4 Å². The Morgan fingerprint density at radius 1 is 1.24 bits per heavy atom. The lowest BCUT2D eigenvalue weighted by atomic mass is 10.1. The maximum Gasteiger partial charge on any atom is 0.304 e. The Morgan fingerprint density at radius 2 is 1.86 bits per heavy atom. The highest BCUT2D eigenvalue weighted by Crippen LogP contribution is 2.24. The van der Waals surface area contributed by atoms with Crippen LogP contribution in [0.3, 0.4) is 0 Å². The predicted molar refractivity (Wildman–Crippen MR) is 78.0 cm³/mol. The molecule has 110 valence electrons. The highest BCUT2D eigenvalue weighted by atomic mass is 19.1. The van der Waals surface area contributed by atoms with Crippen LogP contribution in [-0.2, 0) is 6.54 Å². The molecule has 0 saturated carbocycles. The van der Waals surface area contributed by atoms with Crippen LogP contribution < -0.4 is 5.32 Å². The standard InChI is InChI=1S/C15H15FN2O3/c1-9-5-11(6-10(2)15(9)19)8-17-12-3-4-14(18(20)21)13(16)7-12/h3-7,17,19H,8H2,1-2H3. The van der Waals surface area contributed by atoms with E-state index in [0.717, 1.165) is 28.8 Å². The number of aryl methyl sites for hydroxylation is 2. The number of phenolic OH excluding ortho intramolecular Hbond substituents is 1. The van der Waals surface area contributed by atoms with Gasteiger partial charge >= 0.3 is 5.69 Å². The van der Waals surface area contributed by atoms with Crippen molar-refractivity contribution < 1.29 is 14.4 Å². The van der Waals surface area contributed by atoms with Gasteiger partial charge in [0.25, 0.3) is 0 Å². The van der Waals surface area contributed by atoms with Crippen molar-refractivity contribution in [2.45, 2.75) is 20.4 Å². The SMILES string of the molecule is Cc1cc(CNc2ccc([N+](=O)[O-])c(F)c2)cc(C)c1O. The van der Waals surface area contributed by atoms with Gasteiger partial charge in [-0.25, -0.2) is 0 Å². The van der Waals surface area contributed by atoms with Crippen molar-refractivity contribution in [2.24, 2.45) is 0 Å². The van der Waals surface area contributed by atoms with Gasteiger partial charge in [-0.2, -0.15) is 4.39 Å². The normalized spacial score (nSPS) is 10.4. The summed E-state index contributed by atoms with van der Waals surface area (Å²) in [5, 5.41) is 23.2. The van der Waals surface area contributed by atoms with Crippen LogP contribution in [0.2, 0.25) is 0 Å². The Bertz CT molecular complexity index is 678. The molecule has 2 N–H and O–H groups in total. The molecule has 0 unspecified atom stereocenters. The van der Waals surface area contributed by atoms with E-state index in [4.69, 9.17) is 0 Å². The number of anilines is 1. The highest BCUT2D eigenvalue weighted by Gasteiger charge is 2.13. The summed E-state index contributed by atoms with van der Waals surface area (Å²) >= 11 is 0. The van der Waals surface area contributed by atoms with Gasteiger partial charge in [-0.15, -0.1) is 0 Å². The zero-order valence-electron chi connectivity index (χ0n) is 11.7. The van der Waals surface area contributed by atoms with E-state index in [0.29, 0.717) is 12.2 Å². The molecule has 0 heterocycles. The first-order valence-corrected chi connectivity index (χ1v) is 6.35. The Balaban J connectivity index is 2.13. The van der Waals surface area contributed by atoms with Gasteiger partial charge < -0.3 is 10.4 Å². The molecule has 2 aromatic carbocycles. The molecule has 0 fully saturated rings. The van der Waals surface area contributed by atoms with Crippen LogP contribution in [0.5, 0.6) is 5.75 Å². The van der Waals surface area contributed by atoms with Crippen molar-refractivity contribution in [1.82, 2.24) is 0 Å². The van der Waals surface area contributed by atoms with E-state index in [1.807, 2.05) is 12.1 Å². The summed E-state index contributed by atoms with van der Waals surface area (Å²) in [6.07, 6.45) is 0. The average molecular weight is 290 g/mol. The van der Waals surface area contributed by atoms with Gasteiger partial charge in [0.1, 0.15) is 5.75 Å². The third-order valence-electron chi connectivity index (χ3n) is 3.19. The van der Waals surface area contributed by atoms with Crippen molar-refractivity contribution in [3.05, 3.63) is 63.0 Å². The van der Waals surface area contributed by atoms with E-state index in [-0.39, 0.29) is 5.75 Å².